The van der Waals surface area contributed by atoms with Gasteiger partial charge in [-0.25, -0.2) is 4.98 Å². The molecule has 0 fully saturated rings. The van der Waals surface area contributed by atoms with Gasteiger partial charge in [-0.05, 0) is 20.9 Å². The zero-order chi connectivity index (χ0) is 12.3. The Kier molecular flexibility index (Phi) is 4.47. The Labute approximate surface area is 102 Å². The molecule has 0 aromatic carbocycles. The maximum Gasteiger partial charge on any atom is 0.0953 e. The molecule has 0 amide bonds. The third-order valence-electron chi connectivity index (χ3n) is 2.88. The zero-order valence-electron chi connectivity index (χ0n) is 10.8. The van der Waals surface area contributed by atoms with Crippen molar-refractivity contribution >= 4 is 11.3 Å². The molecule has 92 valence electrons. The van der Waals surface area contributed by atoms with Crippen molar-refractivity contribution in [1.29, 1.82) is 0 Å². The van der Waals surface area contributed by atoms with Gasteiger partial charge in [0.2, 0.25) is 0 Å². The van der Waals surface area contributed by atoms with Gasteiger partial charge in [0.15, 0.2) is 0 Å². The summed E-state index contributed by atoms with van der Waals surface area (Å²) in [7, 11) is 2.03. The van der Waals surface area contributed by atoms with Crippen LogP contribution in [0.4, 0.5) is 0 Å². The molecule has 0 saturated heterocycles. The smallest absolute Gasteiger partial charge is 0.0953 e. The summed E-state index contributed by atoms with van der Waals surface area (Å²) >= 11 is 1.76. The highest BCUT2D eigenvalue weighted by atomic mass is 32.1. The van der Waals surface area contributed by atoms with Crippen molar-refractivity contribution in [2.45, 2.75) is 45.7 Å². The van der Waals surface area contributed by atoms with Crippen LogP contribution >= 0.6 is 11.3 Å². The Morgan fingerprint density at radius 2 is 2.12 bits per heavy atom. The molecule has 0 atom stereocenters. The van der Waals surface area contributed by atoms with Crippen LogP contribution in [0.25, 0.3) is 0 Å². The van der Waals surface area contributed by atoms with Crippen molar-refractivity contribution in [2.24, 2.45) is 0 Å². The lowest BCUT2D eigenvalue weighted by Gasteiger charge is -2.33. The maximum atomic E-state index is 9.28. The van der Waals surface area contributed by atoms with E-state index in [2.05, 4.69) is 23.7 Å². The lowest BCUT2D eigenvalue weighted by Crippen LogP contribution is -2.43. The summed E-state index contributed by atoms with van der Waals surface area (Å²) in [5, 5.41) is 10.5. The minimum atomic E-state index is -0.179. The van der Waals surface area contributed by atoms with Gasteiger partial charge in [0.25, 0.3) is 0 Å². The summed E-state index contributed by atoms with van der Waals surface area (Å²) in [5.74, 6) is 0.495. The molecule has 0 aliphatic heterocycles. The van der Waals surface area contributed by atoms with Crippen LogP contribution < -0.4 is 0 Å². The van der Waals surface area contributed by atoms with Crippen molar-refractivity contribution < 1.29 is 5.11 Å². The quantitative estimate of drug-likeness (QED) is 0.861. The number of aliphatic hydroxyl groups is 1. The summed E-state index contributed by atoms with van der Waals surface area (Å²) in [5.41, 5.74) is -0.179. The van der Waals surface area contributed by atoms with E-state index in [1.165, 1.54) is 9.88 Å². The van der Waals surface area contributed by atoms with E-state index in [1.807, 2.05) is 27.1 Å². The van der Waals surface area contributed by atoms with Crippen LogP contribution in [0.2, 0.25) is 0 Å². The molecule has 0 unspecified atom stereocenters. The van der Waals surface area contributed by atoms with Crippen molar-refractivity contribution in [2.75, 3.05) is 13.7 Å². The zero-order valence-corrected chi connectivity index (χ0v) is 11.6. The van der Waals surface area contributed by atoms with Gasteiger partial charge >= 0.3 is 0 Å². The molecular formula is C12H22N2OS. The Morgan fingerprint density at radius 3 is 2.56 bits per heavy atom. The lowest BCUT2D eigenvalue weighted by atomic mass is 10.1. The Balaban J connectivity index is 2.66. The first-order chi connectivity index (χ1) is 7.36. The van der Waals surface area contributed by atoms with Gasteiger partial charge in [-0.2, -0.15) is 0 Å². The summed E-state index contributed by atoms with van der Waals surface area (Å²) in [6, 6.07) is 0. The number of nitrogens with zero attached hydrogens (tertiary/aromatic N) is 2. The number of aromatic nitrogens is 1. The molecule has 4 heteroatoms. The highest BCUT2D eigenvalue weighted by Gasteiger charge is 2.23. The molecule has 0 spiro atoms. The molecule has 0 aliphatic carbocycles. The van der Waals surface area contributed by atoms with Crippen LogP contribution in [0.3, 0.4) is 0 Å². The average Bonchev–Trinajstić information content (AvgIpc) is 2.66. The standard InChI is InChI=1S/C12H22N2OS/c1-9(2)11-13-6-10(16-11)7-14(5)12(3,4)8-15/h6,9,15H,7-8H2,1-5H3. The predicted molar refractivity (Wildman–Crippen MR) is 68.8 cm³/mol. The van der Waals surface area contributed by atoms with E-state index >= 15 is 0 Å². The lowest BCUT2D eigenvalue weighted by molar-refractivity contribution is 0.0741. The monoisotopic (exact) mass is 242 g/mol. The predicted octanol–water partition coefficient (Wildman–Crippen LogP) is 2.47. The van der Waals surface area contributed by atoms with E-state index in [-0.39, 0.29) is 12.1 Å². The molecule has 1 aromatic heterocycles. The molecule has 3 nitrogen and oxygen atoms in total. The van der Waals surface area contributed by atoms with Crippen molar-refractivity contribution in [3.63, 3.8) is 0 Å². The Bertz CT molecular complexity index is 334. The van der Waals surface area contributed by atoms with E-state index in [1.54, 1.807) is 11.3 Å². The van der Waals surface area contributed by atoms with Crippen molar-refractivity contribution in [1.82, 2.24) is 9.88 Å². The van der Waals surface area contributed by atoms with Crippen LogP contribution in [0.15, 0.2) is 6.20 Å². The maximum absolute atomic E-state index is 9.28. The van der Waals surface area contributed by atoms with Gasteiger partial charge in [-0.15, -0.1) is 11.3 Å². The summed E-state index contributed by atoms with van der Waals surface area (Å²) < 4.78 is 0. The van der Waals surface area contributed by atoms with E-state index in [0.717, 1.165) is 6.54 Å². The molecular weight excluding hydrogens is 220 g/mol. The van der Waals surface area contributed by atoms with Crippen LogP contribution in [-0.4, -0.2) is 34.2 Å². The number of likely N-dealkylation sites (N-methyl/N-ethyl adjacent to an activating group) is 1. The third kappa shape index (κ3) is 3.27. The third-order valence-corrected chi connectivity index (χ3v) is 4.16. The van der Waals surface area contributed by atoms with E-state index in [4.69, 9.17) is 0 Å². The summed E-state index contributed by atoms with van der Waals surface area (Å²) in [6.07, 6.45) is 1.95. The minimum Gasteiger partial charge on any atom is -0.394 e. The van der Waals surface area contributed by atoms with Gasteiger partial charge < -0.3 is 5.11 Å². The highest BCUT2D eigenvalue weighted by molar-refractivity contribution is 7.11. The second-order valence-electron chi connectivity index (χ2n) is 5.15. The van der Waals surface area contributed by atoms with Crippen LogP contribution in [0, 0.1) is 0 Å². The molecule has 0 radical (unpaired) electrons. The Hall–Kier alpha value is -0.450. The summed E-state index contributed by atoms with van der Waals surface area (Å²) in [6.45, 7) is 9.40. The molecule has 1 aromatic rings. The minimum absolute atomic E-state index is 0.166. The van der Waals surface area contributed by atoms with Crippen LogP contribution in [0.1, 0.15) is 43.5 Å². The van der Waals surface area contributed by atoms with Gasteiger partial charge in [0.05, 0.1) is 11.6 Å². The molecule has 0 saturated carbocycles. The first kappa shape index (κ1) is 13.6. The van der Waals surface area contributed by atoms with E-state index in [9.17, 15) is 5.11 Å². The molecule has 1 heterocycles. The highest BCUT2D eigenvalue weighted by Crippen LogP contribution is 2.23. The number of aliphatic hydroxyl groups excluding tert-OH is 1. The van der Waals surface area contributed by atoms with Crippen LogP contribution in [-0.2, 0) is 6.54 Å². The van der Waals surface area contributed by atoms with Gasteiger partial charge in [0, 0.05) is 29.1 Å². The number of hydrogen-bond acceptors (Lipinski definition) is 4. The largest absolute Gasteiger partial charge is 0.394 e. The number of hydrogen-bond donors (Lipinski definition) is 1. The topological polar surface area (TPSA) is 36.4 Å². The van der Waals surface area contributed by atoms with Crippen LogP contribution in [0.5, 0.6) is 0 Å². The second-order valence-corrected chi connectivity index (χ2v) is 6.29. The number of thiazole rings is 1. The molecule has 0 aliphatic rings. The van der Waals surface area contributed by atoms with E-state index in [0.29, 0.717) is 5.92 Å². The fourth-order valence-electron chi connectivity index (χ4n) is 1.23. The Morgan fingerprint density at radius 1 is 1.50 bits per heavy atom. The average molecular weight is 242 g/mol. The fourth-order valence-corrected chi connectivity index (χ4v) is 2.20. The first-order valence-corrected chi connectivity index (χ1v) is 6.45. The molecule has 0 bridgehead atoms. The summed E-state index contributed by atoms with van der Waals surface area (Å²) in [4.78, 5) is 7.82. The van der Waals surface area contributed by atoms with Gasteiger partial charge in [-0.1, -0.05) is 13.8 Å². The fraction of sp³-hybridized carbons (Fsp3) is 0.750. The first-order valence-electron chi connectivity index (χ1n) is 5.63. The van der Waals surface area contributed by atoms with E-state index < -0.39 is 0 Å². The SMILES string of the molecule is CC(C)c1ncc(CN(C)C(C)(C)CO)s1. The van der Waals surface area contributed by atoms with Crippen molar-refractivity contribution in [3.8, 4) is 0 Å². The molecule has 16 heavy (non-hydrogen) atoms. The number of rotatable bonds is 5. The van der Waals surface area contributed by atoms with Gasteiger partial charge in [-0.3, -0.25) is 4.90 Å². The molecule has 1 N–H and O–H groups in total. The normalized spacial score (nSPS) is 12.8. The second kappa shape index (κ2) is 5.25. The molecule has 1 rings (SSSR count). The van der Waals surface area contributed by atoms with Crippen molar-refractivity contribution in [3.05, 3.63) is 16.1 Å². The van der Waals surface area contributed by atoms with Gasteiger partial charge in [0.1, 0.15) is 0 Å².